The van der Waals surface area contributed by atoms with Crippen LogP contribution >= 0.6 is 35.2 Å². The number of nitrogens with two attached hydrogens (primary N) is 1. The summed E-state index contributed by atoms with van der Waals surface area (Å²) in [6.45, 7) is 2.74. The van der Waals surface area contributed by atoms with E-state index < -0.39 is 84.6 Å². The summed E-state index contributed by atoms with van der Waals surface area (Å²) in [5.41, 5.74) is 4.28. The van der Waals surface area contributed by atoms with Crippen LogP contribution < -0.4 is 16.4 Å². The quantitative estimate of drug-likeness (QED) is 0.0231. The number of rotatable bonds is 35. The van der Waals surface area contributed by atoms with Crippen LogP contribution in [0.3, 0.4) is 0 Å². The maximum absolute atomic E-state index is 12.8. The molecule has 1 fully saturated rings. The van der Waals surface area contributed by atoms with Gasteiger partial charge in [0.05, 0.1) is 19.5 Å². The van der Waals surface area contributed by atoms with Crippen molar-refractivity contribution >= 4 is 69.1 Å². The first-order chi connectivity index (χ1) is 33.6. The molecule has 28 heteroatoms. The lowest BCUT2D eigenvalue weighted by Crippen LogP contribution is -2.46. The summed E-state index contributed by atoms with van der Waals surface area (Å²) in [5.74, 6) is -1.07. The van der Waals surface area contributed by atoms with Crippen molar-refractivity contribution in [3.05, 3.63) is 61.3 Å². The molecule has 0 radical (unpaired) electrons. The Kier molecular flexibility index (Phi) is 27.3. The number of fused-ring (bicyclic) bond motifs is 1. The van der Waals surface area contributed by atoms with Gasteiger partial charge in [-0.05, 0) is 51.4 Å². The number of nitrogen functional groups attached to an aromatic ring is 1. The highest BCUT2D eigenvalue weighted by Gasteiger charge is 2.50. The Morgan fingerprint density at radius 2 is 1.48 bits per heavy atom. The van der Waals surface area contributed by atoms with Crippen molar-refractivity contribution < 1.29 is 80.5 Å². The van der Waals surface area contributed by atoms with Crippen molar-refractivity contribution in [2.24, 2.45) is 5.41 Å². The number of amides is 2. The number of allylic oxidation sites excluding steroid dienone is 8. The van der Waals surface area contributed by atoms with E-state index in [1.807, 2.05) is 0 Å². The van der Waals surface area contributed by atoms with E-state index in [-0.39, 0.29) is 41.6 Å². The molecule has 7 atom stereocenters. The van der Waals surface area contributed by atoms with E-state index in [9.17, 15) is 57.9 Å². The van der Waals surface area contributed by atoms with Crippen molar-refractivity contribution in [3.8, 4) is 0 Å². The number of nitrogens with one attached hydrogen (secondary N) is 2. The number of hydrogen-bond donors (Lipinski definition) is 9. The van der Waals surface area contributed by atoms with Gasteiger partial charge in [0.2, 0.25) is 11.8 Å². The van der Waals surface area contributed by atoms with Crippen LogP contribution in [-0.2, 0) is 50.7 Å². The minimum Gasteiger partial charge on any atom is -0.386 e. The lowest BCUT2D eigenvalue weighted by atomic mass is 9.87. The van der Waals surface area contributed by atoms with Gasteiger partial charge in [0.1, 0.15) is 36.3 Å². The van der Waals surface area contributed by atoms with E-state index in [1.54, 1.807) is 0 Å². The van der Waals surface area contributed by atoms with Gasteiger partial charge in [0.15, 0.2) is 22.8 Å². The number of imidazole rings is 1. The Morgan fingerprint density at radius 1 is 0.859 bits per heavy atom. The van der Waals surface area contributed by atoms with E-state index in [1.165, 1.54) is 33.1 Å². The number of carbonyl (C=O) groups is 3. The molecule has 3 rings (SSSR count). The number of phosphoric ester groups is 3. The summed E-state index contributed by atoms with van der Waals surface area (Å²) >= 11 is 1.13. The number of aliphatic hydroxyl groups is 2. The molecular formula is C43H70N7O17P3S. The van der Waals surface area contributed by atoms with Crippen LogP contribution in [0.4, 0.5) is 5.82 Å². The first kappa shape index (κ1) is 61.8. The zero-order valence-corrected chi connectivity index (χ0v) is 43.7. The van der Waals surface area contributed by atoms with Crippen molar-refractivity contribution in [1.29, 1.82) is 0 Å². The van der Waals surface area contributed by atoms with Crippen LogP contribution in [0.1, 0.15) is 110 Å². The van der Waals surface area contributed by atoms with Gasteiger partial charge in [0, 0.05) is 37.1 Å². The molecule has 2 aromatic heterocycles. The predicted molar refractivity (Wildman–Crippen MR) is 265 cm³/mol. The Bertz CT molecular complexity index is 2260. The minimum atomic E-state index is -5.58. The van der Waals surface area contributed by atoms with Crippen LogP contribution in [0.25, 0.3) is 11.2 Å². The second kappa shape index (κ2) is 31.3. The van der Waals surface area contributed by atoms with E-state index in [4.69, 9.17) is 19.5 Å². The van der Waals surface area contributed by atoms with E-state index >= 15 is 0 Å². The molecule has 24 nitrogen and oxygen atoms in total. The Morgan fingerprint density at radius 3 is 2.11 bits per heavy atom. The summed E-state index contributed by atoms with van der Waals surface area (Å²) in [5, 5.41) is 26.6. The highest BCUT2D eigenvalue weighted by Crippen LogP contribution is 2.61. The number of ether oxygens (including phenoxy) is 1. The molecule has 400 valence electrons. The highest BCUT2D eigenvalue weighted by atomic mass is 32.2. The van der Waals surface area contributed by atoms with Crippen molar-refractivity contribution in [2.75, 3.05) is 37.8 Å². The number of anilines is 1. The Labute approximate surface area is 417 Å². The van der Waals surface area contributed by atoms with Crippen molar-refractivity contribution in [2.45, 2.75) is 135 Å². The molecule has 0 aromatic carbocycles. The molecule has 1 aliphatic rings. The molecule has 2 amide bonds. The summed E-state index contributed by atoms with van der Waals surface area (Å²) in [4.78, 5) is 88.4. The third-order valence-electron chi connectivity index (χ3n) is 10.5. The van der Waals surface area contributed by atoms with Crippen LogP contribution in [0.5, 0.6) is 0 Å². The molecular weight excluding hydrogens is 1010 g/mol. The first-order valence-corrected chi connectivity index (χ1v) is 28.7. The predicted octanol–water partition coefficient (Wildman–Crippen LogP) is 5.59. The van der Waals surface area contributed by atoms with Gasteiger partial charge in [-0.3, -0.25) is 32.5 Å². The van der Waals surface area contributed by atoms with Crippen LogP contribution in [0, 0.1) is 5.41 Å². The summed E-state index contributed by atoms with van der Waals surface area (Å²) in [6, 6.07) is 0. The first-order valence-electron chi connectivity index (χ1n) is 23.2. The highest BCUT2D eigenvalue weighted by molar-refractivity contribution is 8.13. The third kappa shape index (κ3) is 24.0. The molecule has 0 bridgehead atoms. The second-order valence-corrected chi connectivity index (χ2v) is 22.4. The molecule has 0 spiro atoms. The van der Waals surface area contributed by atoms with Gasteiger partial charge in [-0.15, -0.1) is 0 Å². The van der Waals surface area contributed by atoms with Gasteiger partial charge >= 0.3 is 23.5 Å². The van der Waals surface area contributed by atoms with Crippen molar-refractivity contribution in [3.63, 3.8) is 0 Å². The largest absolute Gasteiger partial charge is 0.481 e. The molecule has 2 aromatic rings. The number of hydrogen-bond acceptors (Lipinski definition) is 18. The third-order valence-corrected chi connectivity index (χ3v) is 14.5. The average molecular weight is 1080 g/mol. The van der Waals surface area contributed by atoms with Gasteiger partial charge in [-0.1, -0.05) is 100 Å². The number of aromatic nitrogens is 4. The fraction of sp³-hybridized carbons (Fsp3) is 0.628. The molecule has 0 saturated carbocycles. The number of phosphoric acid groups is 3. The van der Waals surface area contributed by atoms with Gasteiger partial charge in [0.25, 0.3) is 0 Å². The standard InChI is InChI=1S/C43H70N7O17P3S/c1-4-5-6-7-8-9-10-11-12-13-14-15-16-17-18-19-20-21-22-23-34(52)71-27-26-45-33(51)24-25-46-41(55)38(54)43(2,3)29-64-70(61,62)67-69(59,60)63-28-32-37(66-68(56,57)58)36(53)42(65-32)50-31-49-35-39(44)47-30-48-40(35)50/h8-9,11-12,14-15,17-18,30-32,36-38,42,53-54H,4-7,10,13,16,19-29H2,1-3H3,(H,45,51)(H,46,55)(H,59,60)(H,61,62)(H2,44,47,48)(H2,56,57,58)/b9-8-,12-11-,15-14-,18-17+/t32-,36?,37?,38+,42-/m1/s1. The molecule has 1 saturated heterocycles. The summed E-state index contributed by atoms with van der Waals surface area (Å²) < 4.78 is 62.5. The lowest BCUT2D eigenvalue weighted by molar-refractivity contribution is -0.137. The monoisotopic (exact) mass is 1080 g/mol. The normalized spacial score (nSPS) is 20.1. The zero-order chi connectivity index (χ0) is 52.5. The van der Waals surface area contributed by atoms with E-state index in [0.717, 1.165) is 80.4 Å². The molecule has 10 N–H and O–H groups in total. The van der Waals surface area contributed by atoms with Crippen LogP contribution in [-0.4, -0.2) is 123 Å². The number of carbonyl (C=O) groups excluding carboxylic acids is 3. The number of nitrogens with zero attached hydrogens (tertiary/aromatic N) is 4. The van der Waals surface area contributed by atoms with E-state index in [2.05, 4.69) is 90.0 Å². The molecule has 3 heterocycles. The molecule has 71 heavy (non-hydrogen) atoms. The SMILES string of the molecule is CCCCC/C=C\C/C=C\C/C=C\C/C=C/CCCCCC(=O)SCCNC(=O)CCNC(=O)[C@H](O)C(C)(C)COP(=O)(O)OP(=O)(O)OC[C@H]1O[C@@H](n2cnc3c(N)ncnc32)C(O)C1OP(=O)(O)O. The second-order valence-electron chi connectivity index (χ2n) is 17.0. The van der Waals surface area contributed by atoms with Gasteiger partial charge < -0.3 is 50.9 Å². The molecule has 1 aliphatic heterocycles. The maximum atomic E-state index is 12.8. The van der Waals surface area contributed by atoms with Crippen LogP contribution in [0.2, 0.25) is 0 Å². The zero-order valence-electron chi connectivity index (χ0n) is 40.2. The minimum absolute atomic E-state index is 0.0310. The smallest absolute Gasteiger partial charge is 0.386 e. The fourth-order valence-corrected chi connectivity index (χ4v) is 10.2. The Hall–Kier alpha value is -3.48. The molecule has 4 unspecified atom stereocenters. The Balaban J connectivity index is 1.28. The van der Waals surface area contributed by atoms with Gasteiger partial charge in [-0.2, -0.15) is 4.31 Å². The average Bonchev–Trinajstić information content (AvgIpc) is 3.86. The van der Waals surface area contributed by atoms with E-state index in [0.29, 0.717) is 12.2 Å². The summed E-state index contributed by atoms with van der Waals surface area (Å²) in [7, 11) is -16.4. The summed E-state index contributed by atoms with van der Waals surface area (Å²) in [6.07, 6.45) is 22.5. The topological polar surface area (TPSA) is 364 Å². The number of aliphatic hydroxyl groups excluding tert-OH is 2. The van der Waals surface area contributed by atoms with Crippen LogP contribution in [0.15, 0.2) is 61.3 Å². The lowest BCUT2D eigenvalue weighted by Gasteiger charge is -2.30. The number of unbranched alkanes of at least 4 members (excludes halogenated alkanes) is 6. The fourth-order valence-electron chi connectivity index (χ4n) is 6.64. The van der Waals surface area contributed by atoms with Gasteiger partial charge in [-0.25, -0.2) is 28.6 Å². The molecule has 0 aliphatic carbocycles. The number of thioether (sulfide) groups is 1. The van der Waals surface area contributed by atoms with Crippen molar-refractivity contribution in [1.82, 2.24) is 30.2 Å². The maximum Gasteiger partial charge on any atom is 0.481 e.